The van der Waals surface area contributed by atoms with Crippen molar-refractivity contribution in [2.75, 3.05) is 7.11 Å². The number of nitrogens with two attached hydrogens (primary N) is 1. The van der Waals surface area contributed by atoms with Crippen LogP contribution in [0.15, 0.2) is 24.3 Å². The van der Waals surface area contributed by atoms with Gasteiger partial charge < -0.3 is 10.5 Å². The molecule has 1 aromatic rings. The lowest BCUT2D eigenvalue weighted by Gasteiger charge is -2.24. The van der Waals surface area contributed by atoms with Crippen molar-refractivity contribution in [1.29, 1.82) is 0 Å². The minimum Gasteiger partial charge on any atom is -0.496 e. The largest absolute Gasteiger partial charge is 0.496 e. The van der Waals surface area contributed by atoms with Crippen LogP contribution in [0.1, 0.15) is 51.1 Å². The number of hydrogen-bond acceptors (Lipinski definition) is 2. The SMILES string of the molecule is CCCCC(CC)C(N)c1ccccc1OC. The molecule has 1 rings (SSSR count). The number of rotatable bonds is 7. The van der Waals surface area contributed by atoms with Gasteiger partial charge in [-0.15, -0.1) is 0 Å². The van der Waals surface area contributed by atoms with E-state index in [1.54, 1.807) is 7.11 Å². The zero-order chi connectivity index (χ0) is 12.7. The van der Waals surface area contributed by atoms with Crippen molar-refractivity contribution in [3.63, 3.8) is 0 Å². The number of methoxy groups -OCH3 is 1. The van der Waals surface area contributed by atoms with Crippen molar-refractivity contribution >= 4 is 0 Å². The normalized spacial score (nSPS) is 14.4. The molecule has 96 valence electrons. The molecule has 0 heterocycles. The van der Waals surface area contributed by atoms with Crippen LogP contribution < -0.4 is 10.5 Å². The first-order chi connectivity index (χ1) is 8.24. The summed E-state index contributed by atoms with van der Waals surface area (Å²) in [5, 5.41) is 0. The molecule has 0 saturated heterocycles. The number of benzene rings is 1. The third kappa shape index (κ3) is 3.74. The molecule has 2 N–H and O–H groups in total. The van der Waals surface area contributed by atoms with Gasteiger partial charge in [0.25, 0.3) is 0 Å². The van der Waals surface area contributed by atoms with Crippen molar-refractivity contribution < 1.29 is 4.74 Å². The van der Waals surface area contributed by atoms with E-state index in [-0.39, 0.29) is 6.04 Å². The van der Waals surface area contributed by atoms with Gasteiger partial charge in [-0.05, 0) is 18.4 Å². The number of para-hydroxylation sites is 1. The Hall–Kier alpha value is -1.02. The third-order valence-corrected chi connectivity index (χ3v) is 3.46. The lowest BCUT2D eigenvalue weighted by Crippen LogP contribution is -2.21. The Balaban J connectivity index is 2.81. The molecule has 2 atom stereocenters. The lowest BCUT2D eigenvalue weighted by molar-refractivity contribution is 0.356. The summed E-state index contributed by atoms with van der Waals surface area (Å²) in [4.78, 5) is 0. The summed E-state index contributed by atoms with van der Waals surface area (Å²) in [6.45, 7) is 4.44. The Morgan fingerprint density at radius 1 is 1.24 bits per heavy atom. The van der Waals surface area contributed by atoms with Crippen LogP contribution in [0.5, 0.6) is 5.75 Å². The van der Waals surface area contributed by atoms with Gasteiger partial charge in [0.05, 0.1) is 7.11 Å². The molecule has 0 radical (unpaired) electrons. The zero-order valence-corrected chi connectivity index (χ0v) is 11.3. The van der Waals surface area contributed by atoms with Crippen LogP contribution in [-0.2, 0) is 0 Å². The second kappa shape index (κ2) is 7.33. The van der Waals surface area contributed by atoms with Crippen molar-refractivity contribution in [3.05, 3.63) is 29.8 Å². The highest BCUT2D eigenvalue weighted by atomic mass is 16.5. The van der Waals surface area contributed by atoms with E-state index >= 15 is 0 Å². The number of hydrogen-bond donors (Lipinski definition) is 1. The minimum atomic E-state index is 0.0858. The average Bonchev–Trinajstić information content (AvgIpc) is 2.39. The molecule has 0 aromatic heterocycles. The second-order valence-corrected chi connectivity index (χ2v) is 4.58. The van der Waals surface area contributed by atoms with Crippen LogP contribution in [0.2, 0.25) is 0 Å². The van der Waals surface area contributed by atoms with E-state index in [9.17, 15) is 0 Å². The van der Waals surface area contributed by atoms with Gasteiger partial charge in [-0.2, -0.15) is 0 Å². The van der Waals surface area contributed by atoms with Crippen molar-refractivity contribution in [3.8, 4) is 5.75 Å². The maximum Gasteiger partial charge on any atom is 0.123 e. The van der Waals surface area contributed by atoms with Crippen molar-refractivity contribution in [2.45, 2.75) is 45.6 Å². The Bertz CT molecular complexity index is 324. The quantitative estimate of drug-likeness (QED) is 0.777. The molecule has 2 unspecified atom stereocenters. The molecule has 0 fully saturated rings. The summed E-state index contributed by atoms with van der Waals surface area (Å²) in [5.41, 5.74) is 7.52. The van der Waals surface area contributed by atoms with Gasteiger partial charge in [0.2, 0.25) is 0 Å². The molecule has 0 aliphatic carbocycles. The summed E-state index contributed by atoms with van der Waals surface area (Å²) in [5.74, 6) is 1.46. The molecule has 0 amide bonds. The van der Waals surface area contributed by atoms with Crippen LogP contribution in [0.4, 0.5) is 0 Å². The molecular formula is C15H25NO. The smallest absolute Gasteiger partial charge is 0.123 e. The fraction of sp³-hybridized carbons (Fsp3) is 0.600. The monoisotopic (exact) mass is 235 g/mol. The predicted molar refractivity (Wildman–Crippen MR) is 73.2 cm³/mol. The van der Waals surface area contributed by atoms with E-state index in [1.807, 2.05) is 18.2 Å². The molecule has 0 aliphatic heterocycles. The Labute approximate surface area is 105 Å². The van der Waals surface area contributed by atoms with E-state index in [2.05, 4.69) is 19.9 Å². The highest BCUT2D eigenvalue weighted by molar-refractivity contribution is 5.36. The predicted octanol–water partition coefficient (Wildman–Crippen LogP) is 3.91. The van der Waals surface area contributed by atoms with Gasteiger partial charge in [0.1, 0.15) is 5.75 Å². The van der Waals surface area contributed by atoms with Crippen molar-refractivity contribution in [2.24, 2.45) is 11.7 Å². The Morgan fingerprint density at radius 2 is 1.94 bits per heavy atom. The van der Waals surface area contributed by atoms with E-state index in [4.69, 9.17) is 10.5 Å². The van der Waals surface area contributed by atoms with Crippen LogP contribution in [-0.4, -0.2) is 7.11 Å². The molecule has 0 spiro atoms. The van der Waals surface area contributed by atoms with E-state index in [0.29, 0.717) is 5.92 Å². The highest BCUT2D eigenvalue weighted by Crippen LogP contribution is 2.32. The molecule has 17 heavy (non-hydrogen) atoms. The van der Waals surface area contributed by atoms with Crippen LogP contribution in [0.3, 0.4) is 0 Å². The van der Waals surface area contributed by atoms with Gasteiger partial charge in [-0.3, -0.25) is 0 Å². The summed E-state index contributed by atoms with van der Waals surface area (Å²) < 4.78 is 5.39. The first kappa shape index (κ1) is 14.0. The average molecular weight is 235 g/mol. The number of unbranched alkanes of at least 4 members (excludes halogenated alkanes) is 1. The van der Waals surface area contributed by atoms with Gasteiger partial charge in [0.15, 0.2) is 0 Å². The summed E-state index contributed by atoms with van der Waals surface area (Å²) >= 11 is 0. The lowest BCUT2D eigenvalue weighted by atomic mass is 9.87. The van der Waals surface area contributed by atoms with Crippen LogP contribution >= 0.6 is 0 Å². The minimum absolute atomic E-state index is 0.0858. The van der Waals surface area contributed by atoms with Crippen LogP contribution in [0.25, 0.3) is 0 Å². The fourth-order valence-electron chi connectivity index (χ4n) is 2.30. The van der Waals surface area contributed by atoms with Crippen molar-refractivity contribution in [1.82, 2.24) is 0 Å². The standard InChI is InChI=1S/C15H25NO/c1-4-6-9-12(5-2)15(16)13-10-7-8-11-14(13)17-3/h7-8,10-12,15H,4-6,9,16H2,1-3H3. The van der Waals surface area contributed by atoms with Gasteiger partial charge in [-0.25, -0.2) is 0 Å². The van der Waals surface area contributed by atoms with E-state index < -0.39 is 0 Å². The molecule has 2 heteroatoms. The summed E-state index contributed by atoms with van der Waals surface area (Å²) in [6.07, 6.45) is 4.81. The zero-order valence-electron chi connectivity index (χ0n) is 11.3. The molecular weight excluding hydrogens is 210 g/mol. The maximum absolute atomic E-state index is 6.39. The van der Waals surface area contributed by atoms with Crippen LogP contribution in [0, 0.1) is 5.92 Å². The van der Waals surface area contributed by atoms with Gasteiger partial charge in [-0.1, -0.05) is 51.3 Å². The Kier molecular flexibility index (Phi) is 6.06. The van der Waals surface area contributed by atoms with Gasteiger partial charge >= 0.3 is 0 Å². The second-order valence-electron chi connectivity index (χ2n) is 4.58. The third-order valence-electron chi connectivity index (χ3n) is 3.46. The van der Waals surface area contributed by atoms with Gasteiger partial charge in [0, 0.05) is 11.6 Å². The first-order valence-corrected chi connectivity index (χ1v) is 6.63. The molecule has 0 bridgehead atoms. The topological polar surface area (TPSA) is 35.2 Å². The highest BCUT2D eigenvalue weighted by Gasteiger charge is 2.20. The molecule has 0 saturated carbocycles. The summed E-state index contributed by atoms with van der Waals surface area (Å²) in [6, 6.07) is 8.18. The molecule has 2 nitrogen and oxygen atoms in total. The number of ether oxygens (including phenoxy) is 1. The van der Waals surface area contributed by atoms with E-state index in [1.165, 1.54) is 19.3 Å². The maximum atomic E-state index is 6.39. The van der Waals surface area contributed by atoms with E-state index in [0.717, 1.165) is 17.7 Å². The fourth-order valence-corrected chi connectivity index (χ4v) is 2.30. The molecule has 0 aliphatic rings. The summed E-state index contributed by atoms with van der Waals surface area (Å²) in [7, 11) is 1.71. The first-order valence-electron chi connectivity index (χ1n) is 6.63. The Morgan fingerprint density at radius 3 is 2.53 bits per heavy atom. The molecule has 1 aromatic carbocycles.